The van der Waals surface area contributed by atoms with Crippen LogP contribution in [0.5, 0.6) is 0 Å². The van der Waals surface area contributed by atoms with Gasteiger partial charge in [-0.1, -0.05) is 26.0 Å². The lowest BCUT2D eigenvalue weighted by Crippen LogP contribution is -2.51. The van der Waals surface area contributed by atoms with Crippen molar-refractivity contribution < 1.29 is 29.1 Å². The van der Waals surface area contributed by atoms with Crippen molar-refractivity contribution in [2.75, 3.05) is 18.9 Å². The molecule has 10 nitrogen and oxygen atoms in total. The number of likely N-dealkylation sites (N-methyl/N-ethyl adjacent to an activating group) is 1. The molecule has 0 aromatic heterocycles. The topological polar surface area (TPSA) is 145 Å². The molecule has 1 rings (SSSR count). The van der Waals surface area contributed by atoms with Crippen LogP contribution >= 0.6 is 0 Å². The van der Waals surface area contributed by atoms with Crippen LogP contribution in [0, 0.1) is 5.41 Å². The van der Waals surface area contributed by atoms with Gasteiger partial charge in [-0.15, -0.1) is 0 Å². The molecule has 10 heteroatoms. The zero-order chi connectivity index (χ0) is 26.8. The number of aliphatic hydroxyl groups is 1. The van der Waals surface area contributed by atoms with Crippen molar-refractivity contribution in [1.82, 2.24) is 15.5 Å². The largest absolute Gasteiger partial charge is 0.392 e. The second kappa shape index (κ2) is 12.8. The summed E-state index contributed by atoms with van der Waals surface area (Å²) in [5.41, 5.74) is -0.401. The van der Waals surface area contributed by atoms with Crippen LogP contribution in [-0.4, -0.2) is 65.1 Å². The molecule has 192 valence electrons. The monoisotopic (exact) mass is 488 g/mol. The summed E-state index contributed by atoms with van der Waals surface area (Å²) in [5, 5.41) is 16.9. The van der Waals surface area contributed by atoms with Gasteiger partial charge < -0.3 is 26.0 Å². The van der Waals surface area contributed by atoms with Crippen molar-refractivity contribution in [2.24, 2.45) is 5.41 Å². The highest BCUT2D eigenvalue weighted by Crippen LogP contribution is 2.31. The fraction of sp³-hybridized carbons (Fsp3) is 0.480. The second-order valence-electron chi connectivity index (χ2n) is 9.58. The van der Waals surface area contributed by atoms with Gasteiger partial charge in [-0.2, -0.15) is 0 Å². The molecular weight excluding hydrogens is 452 g/mol. The van der Waals surface area contributed by atoms with Crippen LogP contribution in [-0.2, 0) is 30.6 Å². The molecule has 1 unspecified atom stereocenters. The summed E-state index contributed by atoms with van der Waals surface area (Å²) in [4.78, 5) is 61.5. The standard InChI is InChI=1S/C25H36N4O6/c1-17(22(34)28-19-11-9-18(15-31)10-12-19)27-20(32)14-26-23(35)24(2,3)16-25(4,5)29(6)21(33)8-7-13-30/h7-13,17,31H,14-16H2,1-6H3,(H,26,35)(H,27,32)(H,28,34)/b8-7-. The van der Waals surface area contributed by atoms with Gasteiger partial charge in [0.25, 0.3) is 0 Å². The maximum Gasteiger partial charge on any atom is 0.246 e. The molecule has 0 heterocycles. The number of nitrogens with one attached hydrogen (secondary N) is 3. The molecule has 0 bridgehead atoms. The third-order valence-corrected chi connectivity index (χ3v) is 5.63. The summed E-state index contributed by atoms with van der Waals surface area (Å²) < 4.78 is 0. The number of nitrogens with zero attached hydrogens (tertiary/aromatic N) is 1. The molecule has 0 aliphatic carbocycles. The number of amides is 4. The van der Waals surface area contributed by atoms with E-state index in [4.69, 9.17) is 5.11 Å². The second-order valence-corrected chi connectivity index (χ2v) is 9.58. The highest BCUT2D eigenvalue weighted by atomic mass is 16.3. The normalized spacial score (nSPS) is 12.5. The Kier molecular flexibility index (Phi) is 10.8. The highest BCUT2D eigenvalue weighted by Gasteiger charge is 2.38. The third-order valence-electron chi connectivity index (χ3n) is 5.63. The van der Waals surface area contributed by atoms with E-state index in [0.717, 1.165) is 12.2 Å². The predicted octanol–water partition coefficient (Wildman–Crippen LogP) is 1.15. The lowest BCUT2D eigenvalue weighted by molar-refractivity contribution is -0.137. The number of carbonyl (C=O) groups excluding carboxylic acids is 5. The van der Waals surface area contributed by atoms with Crippen molar-refractivity contribution in [3.05, 3.63) is 42.0 Å². The number of anilines is 1. The first-order valence-electron chi connectivity index (χ1n) is 11.2. The van der Waals surface area contributed by atoms with Gasteiger partial charge in [0.1, 0.15) is 12.3 Å². The minimum absolute atomic E-state index is 0.103. The first-order chi connectivity index (χ1) is 16.2. The Bertz CT molecular complexity index is 953. The number of allylic oxidation sites excluding steroid dienone is 1. The molecule has 1 aromatic rings. The van der Waals surface area contributed by atoms with E-state index in [-0.39, 0.29) is 25.0 Å². The Morgan fingerprint density at radius 1 is 1.09 bits per heavy atom. The molecule has 1 atom stereocenters. The molecule has 35 heavy (non-hydrogen) atoms. The Balaban J connectivity index is 2.60. The zero-order valence-electron chi connectivity index (χ0n) is 21.2. The maximum atomic E-state index is 12.8. The van der Waals surface area contributed by atoms with E-state index in [0.29, 0.717) is 24.0 Å². The van der Waals surface area contributed by atoms with Gasteiger partial charge in [-0.05, 0) is 51.0 Å². The Hall–Kier alpha value is -3.53. The molecule has 4 amide bonds. The van der Waals surface area contributed by atoms with Crippen LogP contribution < -0.4 is 16.0 Å². The van der Waals surface area contributed by atoms with Crippen molar-refractivity contribution >= 4 is 35.6 Å². The van der Waals surface area contributed by atoms with Crippen LogP contribution in [0.4, 0.5) is 5.69 Å². The van der Waals surface area contributed by atoms with Crippen molar-refractivity contribution in [3.8, 4) is 0 Å². The van der Waals surface area contributed by atoms with E-state index in [2.05, 4.69) is 16.0 Å². The van der Waals surface area contributed by atoms with E-state index >= 15 is 0 Å². The molecule has 0 saturated heterocycles. The minimum atomic E-state index is -0.920. The number of aldehydes is 1. The minimum Gasteiger partial charge on any atom is -0.392 e. The fourth-order valence-electron chi connectivity index (χ4n) is 3.51. The van der Waals surface area contributed by atoms with E-state index in [1.165, 1.54) is 11.8 Å². The molecule has 0 saturated carbocycles. The van der Waals surface area contributed by atoms with Crippen molar-refractivity contribution in [2.45, 2.75) is 59.2 Å². The first-order valence-corrected chi connectivity index (χ1v) is 11.2. The van der Waals surface area contributed by atoms with E-state index in [9.17, 15) is 24.0 Å². The molecule has 0 spiro atoms. The summed E-state index contributed by atoms with van der Waals surface area (Å²) in [5.74, 6) is -1.71. The van der Waals surface area contributed by atoms with E-state index in [1.807, 2.05) is 0 Å². The number of hydrogen-bond acceptors (Lipinski definition) is 6. The van der Waals surface area contributed by atoms with Gasteiger partial charge in [0.05, 0.1) is 13.2 Å². The lowest BCUT2D eigenvalue weighted by Gasteiger charge is -2.40. The average Bonchev–Trinajstić information content (AvgIpc) is 2.80. The van der Waals surface area contributed by atoms with Gasteiger partial charge in [0, 0.05) is 29.8 Å². The van der Waals surface area contributed by atoms with Gasteiger partial charge >= 0.3 is 0 Å². The van der Waals surface area contributed by atoms with E-state index in [1.54, 1.807) is 59.0 Å². The van der Waals surface area contributed by atoms with Crippen LogP contribution in [0.25, 0.3) is 0 Å². The summed E-state index contributed by atoms with van der Waals surface area (Å²) in [6, 6.07) is 5.79. The molecule has 0 fully saturated rings. The maximum absolute atomic E-state index is 12.8. The average molecular weight is 489 g/mol. The third kappa shape index (κ3) is 9.32. The SMILES string of the molecule is CC(NC(=O)CNC(=O)C(C)(C)CC(C)(C)N(C)C(=O)/C=C\C=O)C(=O)Nc1ccc(CO)cc1. The number of carbonyl (C=O) groups is 5. The van der Waals surface area contributed by atoms with E-state index < -0.39 is 28.8 Å². The first kappa shape index (κ1) is 29.5. The summed E-state index contributed by atoms with van der Waals surface area (Å²) in [6.45, 7) is 8.13. The summed E-state index contributed by atoms with van der Waals surface area (Å²) in [6.07, 6.45) is 3.08. The van der Waals surface area contributed by atoms with Crippen LogP contribution in [0.15, 0.2) is 36.4 Å². The number of aliphatic hydroxyl groups excluding tert-OH is 1. The number of hydrogen-bond donors (Lipinski definition) is 4. The van der Waals surface area contributed by atoms with Crippen molar-refractivity contribution in [3.63, 3.8) is 0 Å². The van der Waals surface area contributed by atoms with Gasteiger partial charge in [-0.25, -0.2) is 0 Å². The summed E-state index contributed by atoms with van der Waals surface area (Å²) >= 11 is 0. The fourth-order valence-corrected chi connectivity index (χ4v) is 3.51. The Labute approximate surface area is 206 Å². The molecule has 0 radical (unpaired) electrons. The smallest absolute Gasteiger partial charge is 0.246 e. The Morgan fingerprint density at radius 2 is 1.69 bits per heavy atom. The lowest BCUT2D eigenvalue weighted by atomic mass is 9.78. The number of rotatable bonds is 12. The van der Waals surface area contributed by atoms with Crippen LogP contribution in [0.3, 0.4) is 0 Å². The highest BCUT2D eigenvalue weighted by molar-refractivity contribution is 5.97. The predicted molar refractivity (Wildman–Crippen MR) is 132 cm³/mol. The molecule has 4 N–H and O–H groups in total. The zero-order valence-corrected chi connectivity index (χ0v) is 21.2. The van der Waals surface area contributed by atoms with Crippen molar-refractivity contribution in [1.29, 1.82) is 0 Å². The summed E-state index contributed by atoms with van der Waals surface area (Å²) in [7, 11) is 1.59. The van der Waals surface area contributed by atoms with Gasteiger partial charge in [0.15, 0.2) is 0 Å². The molecule has 0 aliphatic heterocycles. The Morgan fingerprint density at radius 3 is 2.23 bits per heavy atom. The van der Waals surface area contributed by atoms with Gasteiger partial charge in [-0.3, -0.25) is 24.0 Å². The van der Waals surface area contributed by atoms with Gasteiger partial charge in [0.2, 0.25) is 23.6 Å². The quantitative estimate of drug-likeness (QED) is 0.257. The molecule has 0 aliphatic rings. The molecular formula is C25H36N4O6. The number of benzene rings is 1. The van der Waals surface area contributed by atoms with Crippen LogP contribution in [0.2, 0.25) is 0 Å². The van der Waals surface area contributed by atoms with Crippen LogP contribution in [0.1, 0.15) is 46.6 Å². The molecule has 1 aromatic carbocycles.